The highest BCUT2D eigenvalue weighted by Crippen LogP contribution is 2.21. The Balaban J connectivity index is 1.82. The van der Waals surface area contributed by atoms with E-state index in [2.05, 4.69) is 6.58 Å². The van der Waals surface area contributed by atoms with Gasteiger partial charge < -0.3 is 9.64 Å². The minimum Gasteiger partial charge on any atom is -0.475 e. The second-order valence-electron chi connectivity index (χ2n) is 5.34. The standard InChI is InChI=1S/C15H20N2O4S/c1-12(21-11-13-6-4-3-5-7-13)17-9-8-14(10-17)15(18)16-22(2,19)20/h3-7,14H,1,8-11H2,2H3,(H,16,18). The van der Waals surface area contributed by atoms with E-state index in [9.17, 15) is 13.2 Å². The number of benzene rings is 1. The number of likely N-dealkylation sites (tertiary alicyclic amines) is 1. The fourth-order valence-electron chi connectivity index (χ4n) is 2.30. The summed E-state index contributed by atoms with van der Waals surface area (Å²) in [6, 6.07) is 9.72. The van der Waals surface area contributed by atoms with Gasteiger partial charge in [-0.1, -0.05) is 30.3 Å². The van der Waals surface area contributed by atoms with Crippen molar-refractivity contribution in [3.8, 4) is 0 Å². The first-order valence-electron chi connectivity index (χ1n) is 6.97. The fraction of sp³-hybridized carbons (Fsp3) is 0.400. The number of ether oxygens (including phenoxy) is 1. The van der Waals surface area contributed by atoms with Crippen molar-refractivity contribution in [3.05, 3.63) is 48.4 Å². The maximum absolute atomic E-state index is 11.8. The Morgan fingerprint density at radius 1 is 1.41 bits per heavy atom. The Labute approximate surface area is 130 Å². The lowest BCUT2D eigenvalue weighted by molar-refractivity contribution is -0.122. The molecule has 0 aromatic heterocycles. The molecule has 120 valence electrons. The Kier molecular flexibility index (Phi) is 5.07. The number of nitrogens with zero attached hydrogens (tertiary/aromatic N) is 1. The third-order valence-electron chi connectivity index (χ3n) is 3.45. The SMILES string of the molecule is C=C(OCc1ccccc1)N1CCC(C(=O)NS(C)(=O)=O)C1. The van der Waals surface area contributed by atoms with Crippen LogP contribution in [0.5, 0.6) is 0 Å². The number of carbonyl (C=O) groups is 1. The average molecular weight is 324 g/mol. The Hall–Kier alpha value is -2.02. The topological polar surface area (TPSA) is 75.7 Å². The zero-order chi connectivity index (χ0) is 16.2. The maximum Gasteiger partial charge on any atom is 0.238 e. The second-order valence-corrected chi connectivity index (χ2v) is 7.09. The molecule has 0 radical (unpaired) electrons. The summed E-state index contributed by atoms with van der Waals surface area (Å²) in [5.74, 6) is -0.342. The maximum atomic E-state index is 11.8. The van der Waals surface area contributed by atoms with E-state index in [0.29, 0.717) is 32.0 Å². The zero-order valence-corrected chi connectivity index (χ0v) is 13.3. The van der Waals surface area contributed by atoms with E-state index >= 15 is 0 Å². The van der Waals surface area contributed by atoms with Gasteiger partial charge in [-0.3, -0.25) is 9.52 Å². The van der Waals surface area contributed by atoms with E-state index in [4.69, 9.17) is 4.74 Å². The van der Waals surface area contributed by atoms with Gasteiger partial charge >= 0.3 is 0 Å². The Morgan fingerprint density at radius 2 is 2.09 bits per heavy atom. The summed E-state index contributed by atoms with van der Waals surface area (Å²) in [7, 11) is -3.52. The van der Waals surface area contributed by atoms with Crippen LogP contribution in [0.25, 0.3) is 0 Å². The normalized spacial score (nSPS) is 18.0. The van der Waals surface area contributed by atoms with Gasteiger partial charge in [-0.2, -0.15) is 0 Å². The van der Waals surface area contributed by atoms with Gasteiger partial charge in [0.2, 0.25) is 15.9 Å². The molecule has 1 aliphatic heterocycles. The van der Waals surface area contributed by atoms with Crippen LogP contribution in [0.15, 0.2) is 42.8 Å². The number of hydrogen-bond donors (Lipinski definition) is 1. The van der Waals surface area contributed by atoms with Crippen LogP contribution in [0.1, 0.15) is 12.0 Å². The van der Waals surface area contributed by atoms with Crippen molar-refractivity contribution in [2.45, 2.75) is 13.0 Å². The van der Waals surface area contributed by atoms with Crippen LogP contribution in [0.2, 0.25) is 0 Å². The number of amides is 1. The lowest BCUT2D eigenvalue weighted by Crippen LogP contribution is -2.36. The number of sulfonamides is 1. The molecular formula is C15H20N2O4S. The highest BCUT2D eigenvalue weighted by atomic mass is 32.2. The van der Waals surface area contributed by atoms with E-state index in [-0.39, 0.29) is 5.92 Å². The molecule has 22 heavy (non-hydrogen) atoms. The summed E-state index contributed by atoms with van der Waals surface area (Å²) in [6.45, 7) is 5.32. The molecule has 1 saturated heterocycles. The molecule has 0 aliphatic carbocycles. The molecule has 1 aromatic rings. The molecule has 1 N–H and O–H groups in total. The van der Waals surface area contributed by atoms with Gasteiger partial charge in [-0.15, -0.1) is 0 Å². The summed E-state index contributed by atoms with van der Waals surface area (Å²) < 4.78 is 29.8. The van der Waals surface area contributed by atoms with Gasteiger partial charge in [0.25, 0.3) is 0 Å². The minimum atomic E-state index is -3.52. The number of hydrogen-bond acceptors (Lipinski definition) is 5. The van der Waals surface area contributed by atoms with Crippen LogP contribution in [-0.4, -0.2) is 38.6 Å². The summed E-state index contributed by atoms with van der Waals surface area (Å²) in [6.07, 6.45) is 1.55. The van der Waals surface area contributed by atoms with Gasteiger partial charge in [0.05, 0.1) is 12.2 Å². The number of nitrogens with one attached hydrogen (secondary N) is 1. The van der Waals surface area contributed by atoms with Crippen LogP contribution >= 0.6 is 0 Å². The van der Waals surface area contributed by atoms with Crippen molar-refractivity contribution >= 4 is 15.9 Å². The molecule has 1 atom stereocenters. The van der Waals surface area contributed by atoms with Crippen LogP contribution in [0.3, 0.4) is 0 Å². The van der Waals surface area contributed by atoms with Crippen LogP contribution in [-0.2, 0) is 26.2 Å². The molecule has 0 bridgehead atoms. The number of rotatable bonds is 6. The lowest BCUT2D eigenvalue weighted by atomic mass is 10.1. The molecular weight excluding hydrogens is 304 g/mol. The van der Waals surface area contributed by atoms with E-state index in [1.807, 2.05) is 40.0 Å². The summed E-state index contributed by atoms with van der Waals surface area (Å²) in [4.78, 5) is 13.7. The predicted octanol–water partition coefficient (Wildman–Crippen LogP) is 1.07. The van der Waals surface area contributed by atoms with Crippen molar-refractivity contribution in [2.75, 3.05) is 19.3 Å². The summed E-state index contributed by atoms with van der Waals surface area (Å²) in [5.41, 5.74) is 1.04. The first-order chi connectivity index (χ1) is 10.3. The van der Waals surface area contributed by atoms with Crippen LogP contribution < -0.4 is 4.72 Å². The van der Waals surface area contributed by atoms with Gasteiger partial charge in [-0.25, -0.2) is 8.42 Å². The lowest BCUT2D eigenvalue weighted by Gasteiger charge is -2.21. The molecule has 1 heterocycles. The molecule has 0 spiro atoms. The van der Waals surface area contributed by atoms with Gasteiger partial charge in [0.1, 0.15) is 6.61 Å². The molecule has 2 rings (SSSR count). The zero-order valence-electron chi connectivity index (χ0n) is 12.5. The molecule has 1 amide bonds. The smallest absolute Gasteiger partial charge is 0.238 e. The minimum absolute atomic E-state index is 0.369. The third-order valence-corrected chi connectivity index (χ3v) is 4.02. The molecule has 7 heteroatoms. The van der Waals surface area contributed by atoms with E-state index in [0.717, 1.165) is 11.8 Å². The van der Waals surface area contributed by atoms with Crippen molar-refractivity contribution in [3.63, 3.8) is 0 Å². The molecule has 1 aliphatic rings. The fourth-order valence-corrected chi connectivity index (χ4v) is 2.83. The average Bonchev–Trinajstić information content (AvgIpc) is 2.94. The number of carbonyl (C=O) groups excluding carboxylic acids is 1. The Bertz CT molecular complexity index is 643. The molecule has 1 unspecified atom stereocenters. The highest BCUT2D eigenvalue weighted by Gasteiger charge is 2.30. The van der Waals surface area contributed by atoms with Gasteiger partial charge in [0, 0.05) is 13.1 Å². The first-order valence-corrected chi connectivity index (χ1v) is 8.86. The van der Waals surface area contributed by atoms with Crippen molar-refractivity contribution in [1.29, 1.82) is 0 Å². The van der Waals surface area contributed by atoms with E-state index in [1.165, 1.54) is 0 Å². The van der Waals surface area contributed by atoms with Crippen molar-refractivity contribution in [1.82, 2.24) is 9.62 Å². The van der Waals surface area contributed by atoms with Crippen LogP contribution in [0, 0.1) is 5.92 Å². The van der Waals surface area contributed by atoms with Crippen molar-refractivity contribution < 1.29 is 17.9 Å². The summed E-state index contributed by atoms with van der Waals surface area (Å²) in [5, 5.41) is 0. The quantitative estimate of drug-likeness (QED) is 0.792. The molecule has 0 saturated carbocycles. The first kappa shape index (κ1) is 16.4. The Morgan fingerprint density at radius 3 is 2.73 bits per heavy atom. The molecule has 1 aromatic carbocycles. The highest BCUT2D eigenvalue weighted by molar-refractivity contribution is 7.89. The van der Waals surface area contributed by atoms with Crippen LogP contribution in [0.4, 0.5) is 0 Å². The predicted molar refractivity (Wildman–Crippen MR) is 83.0 cm³/mol. The monoisotopic (exact) mass is 324 g/mol. The summed E-state index contributed by atoms with van der Waals surface area (Å²) >= 11 is 0. The van der Waals surface area contributed by atoms with E-state index in [1.54, 1.807) is 0 Å². The largest absolute Gasteiger partial charge is 0.475 e. The van der Waals surface area contributed by atoms with Gasteiger partial charge in [-0.05, 0) is 18.6 Å². The van der Waals surface area contributed by atoms with Crippen molar-refractivity contribution in [2.24, 2.45) is 5.92 Å². The third kappa shape index (κ3) is 4.77. The second kappa shape index (κ2) is 6.83. The molecule has 1 fully saturated rings. The molecule has 6 nitrogen and oxygen atoms in total. The van der Waals surface area contributed by atoms with Gasteiger partial charge in [0.15, 0.2) is 5.88 Å². The van der Waals surface area contributed by atoms with E-state index < -0.39 is 15.9 Å².